The van der Waals surface area contributed by atoms with Gasteiger partial charge in [-0.15, -0.1) is 0 Å². The van der Waals surface area contributed by atoms with Crippen LogP contribution in [-0.2, 0) is 10.0 Å². The third-order valence-electron chi connectivity index (χ3n) is 4.99. The fraction of sp³-hybridized carbons (Fsp3) is 0.333. The van der Waals surface area contributed by atoms with E-state index in [1.807, 2.05) is 4.90 Å². The highest BCUT2D eigenvalue weighted by Crippen LogP contribution is 2.36. The van der Waals surface area contributed by atoms with E-state index < -0.39 is 15.9 Å². The molecule has 3 heterocycles. The number of fused-ring (bicyclic) bond motifs is 1. The summed E-state index contributed by atoms with van der Waals surface area (Å²) in [5.41, 5.74) is 1.73. The molecule has 0 spiro atoms. The Hall–Kier alpha value is -2.79. The lowest BCUT2D eigenvalue weighted by Gasteiger charge is -2.34. The lowest BCUT2D eigenvalue weighted by molar-refractivity contribution is -0.0220. The van der Waals surface area contributed by atoms with Crippen molar-refractivity contribution in [3.63, 3.8) is 0 Å². The highest BCUT2D eigenvalue weighted by molar-refractivity contribution is 7.89. The number of halogens is 2. The maximum absolute atomic E-state index is 13.6. The smallest absolute Gasteiger partial charge is 0.251 e. The van der Waals surface area contributed by atoms with E-state index >= 15 is 0 Å². The van der Waals surface area contributed by atoms with E-state index in [1.165, 1.54) is 25.5 Å². The standard InChI is InChI=1S/C18H20F2N6O2S/c1-21-29(27,28)12-2-3-15(26-8-5-18(19,20)6-9-26)14(10-12)25-17-13-4-7-22-16(13)23-11-24-17/h2-4,7,10-11,21H,5-6,8-9H2,1H3,(H2,22,23,24,25). The Bertz CT molecular complexity index is 1140. The number of benzene rings is 1. The lowest BCUT2D eigenvalue weighted by Crippen LogP contribution is -2.39. The number of nitrogens with one attached hydrogen (secondary N) is 3. The monoisotopic (exact) mass is 422 g/mol. The van der Waals surface area contributed by atoms with Gasteiger partial charge in [0, 0.05) is 32.1 Å². The zero-order chi connectivity index (χ0) is 20.6. The molecule has 3 aromatic rings. The van der Waals surface area contributed by atoms with Crippen LogP contribution in [-0.4, -0.2) is 49.4 Å². The minimum absolute atomic E-state index is 0.0629. The van der Waals surface area contributed by atoms with E-state index in [4.69, 9.17) is 0 Å². The van der Waals surface area contributed by atoms with Crippen molar-refractivity contribution in [2.45, 2.75) is 23.7 Å². The summed E-state index contributed by atoms with van der Waals surface area (Å²) in [6, 6.07) is 6.37. The summed E-state index contributed by atoms with van der Waals surface area (Å²) in [7, 11) is -2.35. The first-order valence-electron chi connectivity index (χ1n) is 9.05. The number of hydrogen-bond donors (Lipinski definition) is 3. The molecule has 0 aliphatic carbocycles. The molecule has 1 fully saturated rings. The van der Waals surface area contributed by atoms with Crippen LogP contribution in [0.15, 0.2) is 41.7 Å². The summed E-state index contributed by atoms with van der Waals surface area (Å²) in [5.74, 6) is -2.19. The number of hydrogen-bond acceptors (Lipinski definition) is 6. The summed E-state index contributed by atoms with van der Waals surface area (Å²) >= 11 is 0. The van der Waals surface area contributed by atoms with Crippen LogP contribution in [0.3, 0.4) is 0 Å². The predicted octanol–water partition coefficient (Wildman–Crippen LogP) is 2.85. The maximum Gasteiger partial charge on any atom is 0.251 e. The van der Waals surface area contributed by atoms with Gasteiger partial charge in [-0.25, -0.2) is 31.9 Å². The first-order chi connectivity index (χ1) is 13.8. The van der Waals surface area contributed by atoms with Crippen LogP contribution >= 0.6 is 0 Å². The van der Waals surface area contributed by atoms with E-state index in [0.717, 1.165) is 5.39 Å². The molecule has 0 amide bonds. The number of anilines is 3. The summed E-state index contributed by atoms with van der Waals surface area (Å²) in [5, 5.41) is 3.89. The van der Waals surface area contributed by atoms with Gasteiger partial charge in [0.15, 0.2) is 0 Å². The number of aromatic amines is 1. The molecule has 1 aliphatic rings. The molecule has 29 heavy (non-hydrogen) atoms. The first kappa shape index (κ1) is 19.5. The van der Waals surface area contributed by atoms with Gasteiger partial charge in [-0.2, -0.15) is 0 Å². The highest BCUT2D eigenvalue weighted by Gasteiger charge is 2.34. The number of rotatable bonds is 5. The molecule has 154 valence electrons. The van der Waals surface area contributed by atoms with Gasteiger partial charge in [-0.05, 0) is 31.3 Å². The number of sulfonamides is 1. The van der Waals surface area contributed by atoms with Crippen molar-refractivity contribution in [1.29, 1.82) is 0 Å². The van der Waals surface area contributed by atoms with Gasteiger partial charge in [0.05, 0.1) is 21.7 Å². The summed E-state index contributed by atoms with van der Waals surface area (Å²) in [6.07, 6.45) is 2.60. The Morgan fingerprint density at radius 2 is 1.93 bits per heavy atom. The van der Waals surface area contributed by atoms with Crippen molar-refractivity contribution >= 4 is 38.2 Å². The zero-order valence-electron chi connectivity index (χ0n) is 15.6. The van der Waals surface area contributed by atoms with Crippen LogP contribution in [0.4, 0.5) is 26.0 Å². The van der Waals surface area contributed by atoms with Crippen molar-refractivity contribution in [3.8, 4) is 0 Å². The molecule has 8 nitrogen and oxygen atoms in total. The molecular weight excluding hydrogens is 402 g/mol. The third-order valence-corrected chi connectivity index (χ3v) is 6.40. The Morgan fingerprint density at radius 3 is 2.66 bits per heavy atom. The average molecular weight is 422 g/mol. The molecule has 0 atom stereocenters. The van der Waals surface area contributed by atoms with Gasteiger partial charge in [0.1, 0.15) is 17.8 Å². The van der Waals surface area contributed by atoms with Crippen LogP contribution in [0.5, 0.6) is 0 Å². The van der Waals surface area contributed by atoms with Gasteiger partial charge >= 0.3 is 0 Å². The van der Waals surface area contributed by atoms with Crippen molar-refractivity contribution in [2.75, 3.05) is 30.4 Å². The van der Waals surface area contributed by atoms with E-state index in [9.17, 15) is 17.2 Å². The van der Waals surface area contributed by atoms with Gasteiger partial charge in [0.25, 0.3) is 5.92 Å². The van der Waals surface area contributed by atoms with Gasteiger partial charge in [-0.1, -0.05) is 0 Å². The number of nitrogens with zero attached hydrogens (tertiary/aromatic N) is 3. The van der Waals surface area contributed by atoms with E-state index in [1.54, 1.807) is 18.3 Å². The number of aromatic nitrogens is 3. The molecule has 11 heteroatoms. The van der Waals surface area contributed by atoms with Crippen LogP contribution < -0.4 is 14.9 Å². The molecule has 3 N–H and O–H groups in total. The Balaban J connectivity index is 1.76. The Morgan fingerprint density at radius 1 is 1.17 bits per heavy atom. The normalized spacial score (nSPS) is 16.9. The van der Waals surface area contributed by atoms with Crippen molar-refractivity contribution in [1.82, 2.24) is 19.7 Å². The van der Waals surface area contributed by atoms with Crippen LogP contribution in [0.2, 0.25) is 0 Å². The SMILES string of the molecule is CNS(=O)(=O)c1ccc(N2CCC(F)(F)CC2)c(Nc2ncnc3[nH]ccc23)c1. The molecule has 1 aliphatic heterocycles. The lowest BCUT2D eigenvalue weighted by atomic mass is 10.1. The number of H-pyrrole nitrogens is 1. The van der Waals surface area contributed by atoms with Crippen LogP contribution in [0.1, 0.15) is 12.8 Å². The molecule has 4 rings (SSSR count). The molecule has 0 radical (unpaired) electrons. The summed E-state index contributed by atoms with van der Waals surface area (Å²) < 4.78 is 54.0. The third kappa shape index (κ3) is 3.87. The maximum atomic E-state index is 13.6. The van der Waals surface area contributed by atoms with E-state index in [0.29, 0.717) is 22.8 Å². The van der Waals surface area contributed by atoms with Crippen LogP contribution in [0, 0.1) is 0 Å². The predicted molar refractivity (Wildman–Crippen MR) is 106 cm³/mol. The molecule has 0 saturated carbocycles. The fourth-order valence-corrected chi connectivity index (χ4v) is 4.11. The van der Waals surface area contributed by atoms with Crippen LogP contribution in [0.25, 0.3) is 11.0 Å². The zero-order valence-corrected chi connectivity index (χ0v) is 16.4. The second kappa shape index (κ2) is 7.23. The van der Waals surface area contributed by atoms with Crippen molar-refractivity contribution < 1.29 is 17.2 Å². The Labute approximate surface area is 166 Å². The van der Waals surface area contributed by atoms with Gasteiger partial charge < -0.3 is 15.2 Å². The average Bonchev–Trinajstić information content (AvgIpc) is 3.18. The van der Waals surface area contributed by atoms with Crippen molar-refractivity contribution in [2.24, 2.45) is 0 Å². The van der Waals surface area contributed by atoms with E-state index in [-0.39, 0.29) is 30.8 Å². The fourth-order valence-electron chi connectivity index (χ4n) is 3.35. The van der Waals surface area contributed by atoms with Crippen molar-refractivity contribution in [3.05, 3.63) is 36.8 Å². The molecule has 1 saturated heterocycles. The molecule has 1 aromatic carbocycles. The molecule has 2 aromatic heterocycles. The van der Waals surface area contributed by atoms with Gasteiger partial charge in [0.2, 0.25) is 10.0 Å². The summed E-state index contributed by atoms with van der Waals surface area (Å²) in [4.78, 5) is 13.3. The largest absolute Gasteiger partial charge is 0.369 e. The number of alkyl halides is 2. The van der Waals surface area contributed by atoms with E-state index in [2.05, 4.69) is 25.0 Å². The molecule has 0 unspecified atom stereocenters. The Kier molecular flexibility index (Phi) is 4.87. The minimum Gasteiger partial charge on any atom is -0.369 e. The highest BCUT2D eigenvalue weighted by atomic mass is 32.2. The first-order valence-corrected chi connectivity index (χ1v) is 10.5. The summed E-state index contributed by atoms with van der Waals surface area (Å²) in [6.45, 7) is 0.340. The van der Waals surface area contributed by atoms with Gasteiger partial charge in [-0.3, -0.25) is 0 Å². The second-order valence-corrected chi connectivity index (χ2v) is 8.70. The molecular formula is C18H20F2N6O2S. The quantitative estimate of drug-likeness (QED) is 0.584. The minimum atomic E-state index is -3.68. The second-order valence-electron chi connectivity index (χ2n) is 6.82. The number of piperidine rings is 1. The topological polar surface area (TPSA) is 103 Å². The molecule has 0 bridgehead atoms.